The smallest absolute Gasteiger partial charge is 0.338 e. The predicted octanol–water partition coefficient (Wildman–Crippen LogP) is 4.30. The molecule has 186 valence electrons. The molecule has 2 aliphatic heterocycles. The molecular formula is C29H36N2O4. The molecule has 0 atom stereocenters. The lowest BCUT2D eigenvalue weighted by Gasteiger charge is -2.31. The van der Waals surface area contributed by atoms with E-state index >= 15 is 0 Å². The van der Waals surface area contributed by atoms with Crippen LogP contribution in [-0.4, -0.2) is 60.7 Å². The van der Waals surface area contributed by atoms with Gasteiger partial charge in [0.1, 0.15) is 0 Å². The molecule has 0 unspecified atom stereocenters. The molecule has 6 nitrogen and oxygen atoms in total. The first-order chi connectivity index (χ1) is 16.9. The number of fused-ring (bicyclic) bond motifs is 1. The van der Waals surface area contributed by atoms with Crippen molar-refractivity contribution < 1.29 is 19.1 Å². The maximum absolute atomic E-state index is 12.9. The number of hydrogen-bond donors (Lipinski definition) is 0. The van der Waals surface area contributed by atoms with Crippen molar-refractivity contribution in [2.24, 2.45) is 5.92 Å². The fourth-order valence-electron chi connectivity index (χ4n) is 5.33. The number of ether oxygens (including phenoxy) is 1. The van der Waals surface area contributed by atoms with Gasteiger partial charge in [-0.25, -0.2) is 4.79 Å². The van der Waals surface area contributed by atoms with Crippen molar-refractivity contribution in [3.05, 3.63) is 70.3 Å². The topological polar surface area (TPSA) is 66.9 Å². The van der Waals surface area contributed by atoms with E-state index in [1.807, 2.05) is 35.2 Å². The van der Waals surface area contributed by atoms with Crippen molar-refractivity contribution in [1.29, 1.82) is 0 Å². The van der Waals surface area contributed by atoms with E-state index in [9.17, 15) is 14.4 Å². The van der Waals surface area contributed by atoms with E-state index in [2.05, 4.69) is 17.0 Å². The van der Waals surface area contributed by atoms with Gasteiger partial charge in [-0.3, -0.25) is 14.5 Å². The van der Waals surface area contributed by atoms with Crippen LogP contribution in [0.15, 0.2) is 42.5 Å². The average molecular weight is 477 g/mol. The number of amides is 1. The Labute approximate surface area is 208 Å². The third kappa shape index (κ3) is 6.37. The Hall–Kier alpha value is -2.99. The lowest BCUT2D eigenvalue weighted by Crippen LogP contribution is -2.37. The van der Waals surface area contributed by atoms with Crippen LogP contribution in [0.2, 0.25) is 0 Å². The van der Waals surface area contributed by atoms with Gasteiger partial charge in [0.2, 0.25) is 5.91 Å². The van der Waals surface area contributed by atoms with Gasteiger partial charge in [0.15, 0.2) is 5.78 Å². The van der Waals surface area contributed by atoms with E-state index in [-0.39, 0.29) is 17.7 Å². The van der Waals surface area contributed by atoms with Crippen molar-refractivity contribution in [3.63, 3.8) is 0 Å². The molecule has 35 heavy (non-hydrogen) atoms. The van der Waals surface area contributed by atoms with Crippen LogP contribution in [0, 0.1) is 5.92 Å². The van der Waals surface area contributed by atoms with E-state index in [1.165, 1.54) is 18.2 Å². The second-order valence-corrected chi connectivity index (χ2v) is 9.82. The van der Waals surface area contributed by atoms with Crippen LogP contribution in [0.3, 0.4) is 0 Å². The monoisotopic (exact) mass is 476 g/mol. The number of carbonyl (C=O) groups excluding carboxylic acids is 3. The third-order valence-corrected chi connectivity index (χ3v) is 7.58. The normalized spacial score (nSPS) is 16.9. The molecule has 1 saturated heterocycles. The number of Topliss-reactive ketones (excluding diaryl/α,β-unsaturated/α-hetero) is 1. The van der Waals surface area contributed by atoms with Gasteiger partial charge in [-0.15, -0.1) is 0 Å². The molecule has 0 radical (unpaired) electrons. The van der Waals surface area contributed by atoms with Gasteiger partial charge in [-0.05, 0) is 66.8 Å². The highest BCUT2D eigenvalue weighted by Crippen LogP contribution is 2.25. The van der Waals surface area contributed by atoms with E-state index in [0.717, 1.165) is 69.4 Å². The largest absolute Gasteiger partial charge is 0.465 e. The molecule has 2 aliphatic rings. The van der Waals surface area contributed by atoms with E-state index in [4.69, 9.17) is 4.74 Å². The van der Waals surface area contributed by atoms with Gasteiger partial charge >= 0.3 is 5.97 Å². The van der Waals surface area contributed by atoms with E-state index < -0.39 is 0 Å². The maximum Gasteiger partial charge on any atom is 0.338 e. The molecule has 2 aromatic carbocycles. The maximum atomic E-state index is 12.9. The summed E-state index contributed by atoms with van der Waals surface area (Å²) >= 11 is 0. The van der Waals surface area contributed by atoms with Crippen molar-refractivity contribution in [2.45, 2.75) is 52.0 Å². The number of methoxy groups -OCH3 is 1. The minimum absolute atomic E-state index is 0.149. The lowest BCUT2D eigenvalue weighted by molar-refractivity contribution is -0.130. The van der Waals surface area contributed by atoms with E-state index in [0.29, 0.717) is 24.4 Å². The Kier molecular flexibility index (Phi) is 8.34. The summed E-state index contributed by atoms with van der Waals surface area (Å²) in [5.74, 6) is 0.591. The second-order valence-electron chi connectivity index (χ2n) is 9.82. The van der Waals surface area contributed by atoms with Gasteiger partial charge in [0, 0.05) is 51.6 Å². The van der Waals surface area contributed by atoms with Gasteiger partial charge in [-0.2, -0.15) is 0 Å². The molecule has 6 heteroatoms. The molecule has 0 aromatic heterocycles. The molecule has 0 aliphatic carbocycles. The quantitative estimate of drug-likeness (QED) is 0.440. The molecule has 0 spiro atoms. The summed E-state index contributed by atoms with van der Waals surface area (Å²) in [7, 11) is 1.41. The van der Waals surface area contributed by atoms with Gasteiger partial charge < -0.3 is 9.64 Å². The number of carbonyl (C=O) groups is 3. The number of likely N-dealkylation sites (tertiary alicyclic amines) is 1. The highest BCUT2D eigenvalue weighted by Gasteiger charge is 2.22. The van der Waals surface area contributed by atoms with Crippen LogP contribution in [0.4, 0.5) is 0 Å². The molecule has 0 N–H and O–H groups in total. The Morgan fingerprint density at radius 2 is 1.66 bits per heavy atom. The first kappa shape index (κ1) is 25.1. The van der Waals surface area contributed by atoms with E-state index in [1.54, 1.807) is 6.92 Å². The highest BCUT2D eigenvalue weighted by atomic mass is 16.5. The molecule has 0 saturated carbocycles. The number of esters is 1. The molecule has 2 aromatic rings. The Morgan fingerprint density at radius 1 is 0.943 bits per heavy atom. The summed E-state index contributed by atoms with van der Waals surface area (Å²) in [5.41, 5.74) is 4.98. The second kappa shape index (κ2) is 11.6. The molecule has 2 heterocycles. The number of ketones is 1. The van der Waals surface area contributed by atoms with Crippen LogP contribution in [0.1, 0.15) is 70.0 Å². The number of hydrogen-bond acceptors (Lipinski definition) is 5. The van der Waals surface area contributed by atoms with Crippen LogP contribution >= 0.6 is 0 Å². The van der Waals surface area contributed by atoms with Crippen LogP contribution < -0.4 is 0 Å². The Bertz CT molecular complexity index is 1070. The number of rotatable bonds is 7. The Morgan fingerprint density at radius 3 is 2.37 bits per heavy atom. The molecule has 1 fully saturated rings. The first-order valence-electron chi connectivity index (χ1n) is 12.7. The van der Waals surface area contributed by atoms with Crippen LogP contribution in [0.25, 0.3) is 0 Å². The first-order valence-corrected chi connectivity index (χ1v) is 12.7. The van der Waals surface area contributed by atoms with Crippen molar-refractivity contribution >= 4 is 17.7 Å². The lowest BCUT2D eigenvalue weighted by atomic mass is 9.89. The number of benzene rings is 2. The third-order valence-electron chi connectivity index (χ3n) is 7.58. The van der Waals surface area contributed by atoms with Crippen molar-refractivity contribution in [3.8, 4) is 0 Å². The zero-order chi connectivity index (χ0) is 24.8. The standard InChI is InChI=1S/C29H36N2O4/c1-21(32)31-17-11-22(12-18-31)7-10-28(33)25-9-8-23-13-15-30(16-14-24(23)19-25)20-26-5-3-4-6-27(26)29(34)35-2/h3-6,8-9,19,22H,7,10-18,20H2,1-2H3. The zero-order valence-electron chi connectivity index (χ0n) is 20.9. The fraction of sp³-hybridized carbons (Fsp3) is 0.483. The summed E-state index contributed by atoms with van der Waals surface area (Å²) in [6.07, 6.45) is 5.27. The summed E-state index contributed by atoms with van der Waals surface area (Å²) < 4.78 is 4.94. The minimum atomic E-state index is -0.300. The van der Waals surface area contributed by atoms with Gasteiger partial charge in [0.05, 0.1) is 12.7 Å². The summed E-state index contributed by atoms with van der Waals surface area (Å²) in [4.78, 5) is 40.9. The fourth-order valence-corrected chi connectivity index (χ4v) is 5.33. The summed E-state index contributed by atoms with van der Waals surface area (Å²) in [5, 5.41) is 0. The molecule has 1 amide bonds. The molecular weight excluding hydrogens is 440 g/mol. The van der Waals surface area contributed by atoms with Crippen molar-refractivity contribution in [1.82, 2.24) is 9.80 Å². The SMILES string of the molecule is COC(=O)c1ccccc1CN1CCc2ccc(C(=O)CCC3CCN(C(C)=O)CC3)cc2CC1. The van der Waals surface area contributed by atoms with Crippen molar-refractivity contribution in [2.75, 3.05) is 33.3 Å². The van der Waals surface area contributed by atoms with Crippen LogP contribution in [0.5, 0.6) is 0 Å². The molecule has 0 bridgehead atoms. The summed E-state index contributed by atoms with van der Waals surface area (Å²) in [6, 6.07) is 13.8. The number of nitrogens with zero attached hydrogens (tertiary/aromatic N) is 2. The van der Waals surface area contributed by atoms with Gasteiger partial charge in [-0.1, -0.05) is 30.3 Å². The highest BCUT2D eigenvalue weighted by molar-refractivity contribution is 5.96. The van der Waals surface area contributed by atoms with Crippen LogP contribution in [-0.2, 0) is 28.9 Å². The minimum Gasteiger partial charge on any atom is -0.465 e. The average Bonchev–Trinajstić information content (AvgIpc) is 3.09. The molecule has 4 rings (SSSR count). The zero-order valence-corrected chi connectivity index (χ0v) is 20.9. The number of piperidine rings is 1. The Balaban J connectivity index is 1.33. The summed E-state index contributed by atoms with van der Waals surface area (Å²) in [6.45, 7) is 5.75. The predicted molar refractivity (Wildman–Crippen MR) is 135 cm³/mol. The van der Waals surface area contributed by atoms with Gasteiger partial charge in [0.25, 0.3) is 0 Å².